The Hall–Kier alpha value is -0.630. The van der Waals surface area contributed by atoms with Crippen LogP contribution in [0, 0.1) is 5.41 Å². The molecule has 0 aromatic carbocycles. The smallest absolute Gasteiger partial charge is 0.155 e. The van der Waals surface area contributed by atoms with Gasteiger partial charge in [-0.2, -0.15) is 0 Å². The lowest BCUT2D eigenvalue weighted by Crippen LogP contribution is -2.34. The Balaban J connectivity index is 2.26. The van der Waals surface area contributed by atoms with Gasteiger partial charge in [0.05, 0.1) is 6.10 Å². The number of hydrogen-bond donors (Lipinski definition) is 1. The average Bonchev–Trinajstić information content (AvgIpc) is 2.06. The molecule has 2 rings (SSSR count). The van der Waals surface area contributed by atoms with E-state index < -0.39 is 0 Å². The van der Waals surface area contributed by atoms with Crippen LogP contribution in [0.2, 0.25) is 0 Å². The third-order valence-electron chi connectivity index (χ3n) is 3.47. The second-order valence-electron chi connectivity index (χ2n) is 4.59. The Labute approximate surface area is 78.6 Å². The Bertz CT molecular complexity index is 267. The molecule has 13 heavy (non-hydrogen) atoms. The summed E-state index contributed by atoms with van der Waals surface area (Å²) in [6, 6.07) is 0. The average molecular weight is 180 g/mol. The van der Waals surface area contributed by atoms with Crippen molar-refractivity contribution in [2.45, 2.75) is 45.1 Å². The molecule has 2 aliphatic carbocycles. The molecule has 0 radical (unpaired) electrons. The Morgan fingerprint density at radius 3 is 3.08 bits per heavy atom. The quantitative estimate of drug-likeness (QED) is 0.617. The summed E-state index contributed by atoms with van der Waals surface area (Å²) in [4.78, 5) is 11.2. The minimum atomic E-state index is -0.157. The molecule has 1 saturated carbocycles. The van der Waals surface area contributed by atoms with Gasteiger partial charge in [-0.25, -0.2) is 0 Å². The predicted octanol–water partition coefficient (Wildman–Crippen LogP) is 1.83. The van der Waals surface area contributed by atoms with E-state index >= 15 is 0 Å². The molecule has 1 N–H and O–H groups in total. The van der Waals surface area contributed by atoms with Gasteiger partial charge in [-0.05, 0) is 37.2 Å². The fourth-order valence-electron chi connectivity index (χ4n) is 2.55. The van der Waals surface area contributed by atoms with Crippen molar-refractivity contribution in [3.8, 4) is 0 Å². The van der Waals surface area contributed by atoms with Gasteiger partial charge in [0.1, 0.15) is 0 Å². The molecule has 0 amide bonds. The van der Waals surface area contributed by atoms with Crippen LogP contribution in [0.15, 0.2) is 11.6 Å². The maximum absolute atomic E-state index is 11.2. The van der Waals surface area contributed by atoms with Crippen LogP contribution >= 0.6 is 0 Å². The molecule has 0 saturated heterocycles. The van der Waals surface area contributed by atoms with Crippen molar-refractivity contribution in [3.05, 3.63) is 11.6 Å². The molecular weight excluding hydrogens is 164 g/mol. The lowest BCUT2D eigenvalue weighted by atomic mass is 9.65. The number of hydrogen-bond acceptors (Lipinski definition) is 2. The van der Waals surface area contributed by atoms with Gasteiger partial charge in [-0.15, -0.1) is 0 Å². The zero-order valence-electron chi connectivity index (χ0n) is 8.05. The van der Waals surface area contributed by atoms with E-state index in [4.69, 9.17) is 0 Å². The summed E-state index contributed by atoms with van der Waals surface area (Å²) in [6.07, 6.45) is 5.82. The summed E-state index contributed by atoms with van der Waals surface area (Å²) < 4.78 is 0. The van der Waals surface area contributed by atoms with E-state index in [2.05, 4.69) is 6.92 Å². The van der Waals surface area contributed by atoms with Crippen molar-refractivity contribution in [2.75, 3.05) is 0 Å². The molecular formula is C11H16O2. The van der Waals surface area contributed by atoms with E-state index in [-0.39, 0.29) is 17.3 Å². The molecule has 0 bridgehead atoms. The molecule has 2 atom stereocenters. The van der Waals surface area contributed by atoms with Crippen LogP contribution in [0.5, 0.6) is 0 Å². The van der Waals surface area contributed by atoms with Gasteiger partial charge in [0, 0.05) is 6.42 Å². The minimum absolute atomic E-state index is 0.117. The van der Waals surface area contributed by atoms with Crippen molar-refractivity contribution in [1.82, 2.24) is 0 Å². The molecule has 72 valence electrons. The highest BCUT2D eigenvalue weighted by Crippen LogP contribution is 2.46. The van der Waals surface area contributed by atoms with Crippen LogP contribution in [-0.2, 0) is 4.79 Å². The van der Waals surface area contributed by atoms with E-state index in [0.29, 0.717) is 6.42 Å². The second-order valence-corrected chi connectivity index (χ2v) is 4.59. The summed E-state index contributed by atoms with van der Waals surface area (Å²) in [5.41, 5.74) is 1.39. The molecule has 0 aromatic heterocycles. The molecule has 2 aliphatic rings. The number of rotatable bonds is 0. The van der Waals surface area contributed by atoms with Crippen LogP contribution in [-0.4, -0.2) is 17.0 Å². The van der Waals surface area contributed by atoms with Gasteiger partial charge < -0.3 is 5.11 Å². The Morgan fingerprint density at radius 2 is 2.31 bits per heavy atom. The highest BCUT2D eigenvalue weighted by atomic mass is 16.3. The predicted molar refractivity (Wildman–Crippen MR) is 50.3 cm³/mol. The monoisotopic (exact) mass is 180 g/mol. The number of fused-ring (bicyclic) bond motifs is 1. The molecule has 0 spiro atoms. The number of aliphatic hydroxyl groups excluding tert-OH is 1. The highest BCUT2D eigenvalue weighted by molar-refractivity contribution is 5.91. The topological polar surface area (TPSA) is 37.3 Å². The van der Waals surface area contributed by atoms with E-state index in [1.807, 2.05) is 6.08 Å². The maximum atomic E-state index is 11.2. The zero-order valence-corrected chi connectivity index (χ0v) is 8.05. The number of aliphatic hydroxyl groups is 1. The van der Waals surface area contributed by atoms with Gasteiger partial charge in [0.15, 0.2) is 5.78 Å². The summed E-state index contributed by atoms with van der Waals surface area (Å²) in [7, 11) is 0. The molecule has 2 nitrogen and oxygen atoms in total. The molecule has 1 fully saturated rings. The number of carbonyl (C=O) groups is 1. The first-order valence-electron chi connectivity index (χ1n) is 5.02. The first kappa shape index (κ1) is 8.95. The molecule has 0 aliphatic heterocycles. The Kier molecular flexibility index (Phi) is 2.03. The summed E-state index contributed by atoms with van der Waals surface area (Å²) in [6.45, 7) is 2.17. The largest absolute Gasteiger partial charge is 0.393 e. The second kappa shape index (κ2) is 2.95. The van der Waals surface area contributed by atoms with Crippen molar-refractivity contribution in [2.24, 2.45) is 5.41 Å². The third-order valence-corrected chi connectivity index (χ3v) is 3.47. The van der Waals surface area contributed by atoms with Gasteiger partial charge in [0.2, 0.25) is 0 Å². The Morgan fingerprint density at radius 1 is 1.54 bits per heavy atom. The first-order chi connectivity index (χ1) is 6.10. The third kappa shape index (κ3) is 1.55. The van der Waals surface area contributed by atoms with Gasteiger partial charge in [0.25, 0.3) is 0 Å². The van der Waals surface area contributed by atoms with Crippen LogP contribution in [0.3, 0.4) is 0 Å². The van der Waals surface area contributed by atoms with Gasteiger partial charge in [-0.1, -0.05) is 12.5 Å². The van der Waals surface area contributed by atoms with Crippen LogP contribution < -0.4 is 0 Å². The van der Waals surface area contributed by atoms with E-state index in [1.165, 1.54) is 5.57 Å². The molecule has 2 heteroatoms. The number of allylic oxidation sites excluding steroid dienone is 2. The van der Waals surface area contributed by atoms with E-state index in [1.54, 1.807) is 0 Å². The van der Waals surface area contributed by atoms with Crippen molar-refractivity contribution < 1.29 is 9.90 Å². The lowest BCUT2D eigenvalue weighted by molar-refractivity contribution is -0.116. The van der Waals surface area contributed by atoms with Gasteiger partial charge >= 0.3 is 0 Å². The van der Waals surface area contributed by atoms with E-state index in [0.717, 1.165) is 25.7 Å². The molecule has 0 heterocycles. The summed E-state index contributed by atoms with van der Waals surface area (Å²) in [5.74, 6) is 0.267. The normalized spacial score (nSPS) is 39.7. The van der Waals surface area contributed by atoms with Gasteiger partial charge in [-0.3, -0.25) is 4.79 Å². The van der Waals surface area contributed by atoms with Crippen LogP contribution in [0.25, 0.3) is 0 Å². The van der Waals surface area contributed by atoms with Crippen LogP contribution in [0.4, 0.5) is 0 Å². The van der Waals surface area contributed by atoms with Crippen molar-refractivity contribution >= 4 is 5.78 Å². The molecule has 2 unspecified atom stereocenters. The SMILES string of the molecule is CC12CCC(=O)C=C1CCC(O)C2. The maximum Gasteiger partial charge on any atom is 0.155 e. The van der Waals surface area contributed by atoms with E-state index in [9.17, 15) is 9.90 Å². The fourth-order valence-corrected chi connectivity index (χ4v) is 2.55. The first-order valence-corrected chi connectivity index (χ1v) is 5.02. The fraction of sp³-hybridized carbons (Fsp3) is 0.727. The number of ketones is 1. The minimum Gasteiger partial charge on any atom is -0.393 e. The van der Waals surface area contributed by atoms with Crippen LogP contribution in [0.1, 0.15) is 39.0 Å². The standard InChI is InChI=1S/C11H16O2/c1-11-5-4-9(12)6-8(11)2-3-10(13)7-11/h6,10,13H,2-5,7H2,1H3. The summed E-state index contributed by atoms with van der Waals surface area (Å²) >= 11 is 0. The number of carbonyl (C=O) groups excluding carboxylic acids is 1. The molecule has 0 aromatic rings. The zero-order chi connectivity index (χ0) is 9.47. The van der Waals surface area contributed by atoms with Crippen molar-refractivity contribution in [3.63, 3.8) is 0 Å². The highest BCUT2D eigenvalue weighted by Gasteiger charge is 2.37. The van der Waals surface area contributed by atoms with Crippen molar-refractivity contribution in [1.29, 1.82) is 0 Å². The lowest BCUT2D eigenvalue weighted by Gasteiger charge is -2.41. The summed E-state index contributed by atoms with van der Waals surface area (Å²) in [5, 5.41) is 9.57.